The molecule has 9 heteroatoms. The van der Waals surface area contributed by atoms with Gasteiger partial charge in [0, 0.05) is 18.1 Å². The lowest BCUT2D eigenvalue weighted by Crippen LogP contribution is -2.29. The average Bonchev–Trinajstić information content (AvgIpc) is 3.11. The van der Waals surface area contributed by atoms with Crippen LogP contribution in [0.25, 0.3) is 5.00 Å². The number of tetrazole rings is 1. The number of thiophene rings is 1. The van der Waals surface area contributed by atoms with E-state index in [9.17, 15) is 9.59 Å². The smallest absolute Gasteiger partial charge is 0.324 e. The molecule has 0 saturated heterocycles. The second-order valence-electron chi connectivity index (χ2n) is 4.07. The first-order valence-corrected chi connectivity index (χ1v) is 6.88. The van der Waals surface area contributed by atoms with Crippen LogP contribution in [0.1, 0.15) is 0 Å². The first-order chi connectivity index (χ1) is 10.2. The number of rotatable bonds is 4. The predicted molar refractivity (Wildman–Crippen MR) is 76.4 cm³/mol. The van der Waals surface area contributed by atoms with Crippen LogP contribution in [-0.2, 0) is 11.3 Å². The summed E-state index contributed by atoms with van der Waals surface area (Å²) in [7, 11) is 0. The molecule has 0 aliphatic heterocycles. The van der Waals surface area contributed by atoms with Gasteiger partial charge in [-0.05, 0) is 40.1 Å². The van der Waals surface area contributed by atoms with Gasteiger partial charge in [-0.25, -0.2) is 4.79 Å². The van der Waals surface area contributed by atoms with Gasteiger partial charge in [-0.1, -0.05) is 0 Å². The Hall–Kier alpha value is -2.81. The molecule has 3 aromatic rings. The summed E-state index contributed by atoms with van der Waals surface area (Å²) in [6.07, 6.45) is 3.13. The molecule has 0 aliphatic carbocycles. The van der Waals surface area contributed by atoms with Crippen LogP contribution in [0.3, 0.4) is 0 Å². The minimum Gasteiger partial charge on any atom is -0.324 e. The third-order valence-corrected chi connectivity index (χ3v) is 3.46. The zero-order valence-corrected chi connectivity index (χ0v) is 11.5. The monoisotopic (exact) mass is 302 g/mol. The zero-order chi connectivity index (χ0) is 14.7. The number of carbonyl (C=O) groups is 1. The molecule has 3 aromatic heterocycles. The lowest BCUT2D eigenvalue weighted by atomic mass is 10.4. The lowest BCUT2D eigenvalue weighted by Gasteiger charge is -2.03. The van der Waals surface area contributed by atoms with E-state index in [1.807, 2.05) is 11.4 Å². The Morgan fingerprint density at radius 1 is 1.24 bits per heavy atom. The topological polar surface area (TPSA) is 94.7 Å². The summed E-state index contributed by atoms with van der Waals surface area (Å²) in [5, 5.41) is 12.6. The molecular weight excluding hydrogens is 292 g/mol. The Kier molecular flexibility index (Phi) is 3.56. The van der Waals surface area contributed by atoms with Crippen molar-refractivity contribution in [2.45, 2.75) is 6.54 Å². The Labute approximate surface area is 122 Å². The van der Waals surface area contributed by atoms with E-state index in [1.165, 1.54) is 11.3 Å². The SMILES string of the molecule is O=C(Cn1nnn(-c2cccs2)c1=O)Nc1ccncc1. The number of nitrogens with one attached hydrogen (secondary N) is 1. The van der Waals surface area contributed by atoms with Gasteiger partial charge < -0.3 is 5.32 Å². The van der Waals surface area contributed by atoms with Crippen LogP contribution in [0.2, 0.25) is 0 Å². The normalized spacial score (nSPS) is 10.5. The van der Waals surface area contributed by atoms with Gasteiger partial charge in [0.2, 0.25) is 5.91 Å². The van der Waals surface area contributed by atoms with Crippen molar-refractivity contribution in [3.8, 4) is 5.00 Å². The number of aromatic nitrogens is 5. The number of pyridine rings is 1. The molecule has 0 spiro atoms. The molecule has 1 N–H and O–H groups in total. The van der Waals surface area contributed by atoms with Crippen molar-refractivity contribution in [1.29, 1.82) is 0 Å². The van der Waals surface area contributed by atoms with E-state index in [-0.39, 0.29) is 12.5 Å². The zero-order valence-electron chi connectivity index (χ0n) is 10.7. The Balaban J connectivity index is 1.74. The standard InChI is InChI=1S/C12H10N6O2S/c19-10(14-9-3-5-13-6-4-9)8-17-12(20)18(16-15-17)11-2-1-7-21-11/h1-7H,8H2,(H,13,14,19). The molecular formula is C12H10N6O2S. The molecule has 21 heavy (non-hydrogen) atoms. The number of hydrogen-bond donors (Lipinski definition) is 1. The molecule has 0 saturated carbocycles. The highest BCUT2D eigenvalue weighted by Gasteiger charge is 2.12. The van der Waals surface area contributed by atoms with Crippen molar-refractivity contribution in [2.24, 2.45) is 0 Å². The quantitative estimate of drug-likeness (QED) is 0.758. The van der Waals surface area contributed by atoms with Crippen molar-refractivity contribution < 1.29 is 4.79 Å². The van der Waals surface area contributed by atoms with E-state index in [0.717, 1.165) is 9.36 Å². The van der Waals surface area contributed by atoms with Gasteiger partial charge in [-0.3, -0.25) is 9.78 Å². The molecule has 0 unspecified atom stereocenters. The molecule has 0 aromatic carbocycles. The van der Waals surface area contributed by atoms with Crippen LogP contribution in [0.5, 0.6) is 0 Å². The minimum absolute atomic E-state index is 0.202. The van der Waals surface area contributed by atoms with Crippen LogP contribution in [0.15, 0.2) is 46.8 Å². The second-order valence-corrected chi connectivity index (χ2v) is 4.99. The minimum atomic E-state index is -0.456. The van der Waals surface area contributed by atoms with E-state index in [4.69, 9.17) is 0 Å². The number of amides is 1. The molecule has 3 heterocycles. The van der Waals surface area contributed by atoms with Crippen molar-refractivity contribution in [1.82, 2.24) is 24.8 Å². The van der Waals surface area contributed by atoms with Crippen LogP contribution >= 0.6 is 11.3 Å². The van der Waals surface area contributed by atoms with Gasteiger partial charge in [0.25, 0.3) is 0 Å². The van der Waals surface area contributed by atoms with Gasteiger partial charge in [0.1, 0.15) is 11.5 Å². The third-order valence-electron chi connectivity index (χ3n) is 2.61. The second kappa shape index (κ2) is 5.67. The predicted octanol–water partition coefficient (Wildman–Crippen LogP) is 0.524. The number of nitrogens with zero attached hydrogens (tertiary/aromatic N) is 5. The maximum absolute atomic E-state index is 12.1. The maximum Gasteiger partial charge on any atom is 0.369 e. The summed E-state index contributed by atoms with van der Waals surface area (Å²) >= 11 is 1.36. The van der Waals surface area contributed by atoms with E-state index < -0.39 is 5.69 Å². The van der Waals surface area contributed by atoms with E-state index in [1.54, 1.807) is 30.6 Å². The van der Waals surface area contributed by atoms with Gasteiger partial charge in [0.15, 0.2) is 0 Å². The third kappa shape index (κ3) is 2.87. The van der Waals surface area contributed by atoms with E-state index >= 15 is 0 Å². The number of anilines is 1. The summed E-state index contributed by atoms with van der Waals surface area (Å²) in [4.78, 5) is 27.8. The fourth-order valence-corrected chi connectivity index (χ4v) is 2.34. The maximum atomic E-state index is 12.1. The van der Waals surface area contributed by atoms with E-state index in [2.05, 4.69) is 20.7 Å². The molecule has 0 aliphatic rings. The fraction of sp³-hybridized carbons (Fsp3) is 0.0833. The van der Waals surface area contributed by atoms with Crippen molar-refractivity contribution in [2.75, 3.05) is 5.32 Å². The highest BCUT2D eigenvalue weighted by molar-refractivity contribution is 7.12. The molecule has 0 radical (unpaired) electrons. The van der Waals surface area contributed by atoms with Crippen molar-refractivity contribution in [3.05, 3.63) is 52.5 Å². The highest BCUT2D eigenvalue weighted by Crippen LogP contribution is 2.10. The van der Waals surface area contributed by atoms with Gasteiger partial charge in [0.05, 0.1) is 0 Å². The summed E-state index contributed by atoms with van der Waals surface area (Å²) < 4.78 is 2.17. The summed E-state index contributed by atoms with van der Waals surface area (Å²) in [5.41, 5.74) is 0.149. The van der Waals surface area contributed by atoms with Gasteiger partial charge in [-0.2, -0.15) is 9.36 Å². The largest absolute Gasteiger partial charge is 0.369 e. The Bertz CT molecular complexity index is 793. The molecule has 3 rings (SSSR count). The fourth-order valence-electron chi connectivity index (χ4n) is 1.67. The first kappa shape index (κ1) is 13.2. The molecule has 8 nitrogen and oxygen atoms in total. The van der Waals surface area contributed by atoms with Crippen LogP contribution in [0, 0.1) is 0 Å². The molecule has 0 fully saturated rings. The van der Waals surface area contributed by atoms with E-state index in [0.29, 0.717) is 10.7 Å². The lowest BCUT2D eigenvalue weighted by molar-refractivity contribution is -0.117. The molecule has 0 atom stereocenters. The van der Waals surface area contributed by atoms with Crippen LogP contribution < -0.4 is 11.0 Å². The first-order valence-electron chi connectivity index (χ1n) is 6.00. The summed E-state index contributed by atoms with van der Waals surface area (Å²) in [6.45, 7) is -0.202. The molecule has 106 valence electrons. The molecule has 0 bridgehead atoms. The van der Waals surface area contributed by atoms with Gasteiger partial charge in [-0.15, -0.1) is 11.3 Å². The summed E-state index contributed by atoms with van der Waals surface area (Å²) in [5.74, 6) is -0.360. The van der Waals surface area contributed by atoms with Gasteiger partial charge >= 0.3 is 5.69 Å². The van der Waals surface area contributed by atoms with Crippen LogP contribution in [-0.4, -0.2) is 30.7 Å². The number of carbonyl (C=O) groups excluding carboxylic acids is 1. The average molecular weight is 302 g/mol. The number of hydrogen-bond acceptors (Lipinski definition) is 6. The Morgan fingerprint density at radius 2 is 2.05 bits per heavy atom. The molecule has 1 amide bonds. The highest BCUT2D eigenvalue weighted by atomic mass is 32.1. The Morgan fingerprint density at radius 3 is 2.76 bits per heavy atom. The van der Waals surface area contributed by atoms with Crippen LogP contribution in [0.4, 0.5) is 5.69 Å². The summed E-state index contributed by atoms with van der Waals surface area (Å²) in [6, 6.07) is 6.87. The van der Waals surface area contributed by atoms with Crippen molar-refractivity contribution >= 4 is 22.9 Å². The van der Waals surface area contributed by atoms with Crippen molar-refractivity contribution in [3.63, 3.8) is 0 Å².